The van der Waals surface area contributed by atoms with Crippen molar-refractivity contribution in [3.63, 3.8) is 0 Å². The first kappa shape index (κ1) is 18.5. The van der Waals surface area contributed by atoms with Gasteiger partial charge in [-0.15, -0.1) is 0 Å². The second-order valence-corrected chi connectivity index (χ2v) is 6.00. The summed E-state index contributed by atoms with van der Waals surface area (Å²) in [5, 5.41) is 3.30. The third kappa shape index (κ3) is 3.99. The van der Waals surface area contributed by atoms with Crippen LogP contribution < -0.4 is 11.1 Å². The van der Waals surface area contributed by atoms with Gasteiger partial charge in [-0.3, -0.25) is 0 Å². The Morgan fingerprint density at radius 2 is 2.00 bits per heavy atom. The Kier molecular flexibility index (Phi) is 6.06. The Balaban J connectivity index is 0.00000100. The van der Waals surface area contributed by atoms with E-state index in [9.17, 15) is 4.39 Å². The van der Waals surface area contributed by atoms with Crippen molar-refractivity contribution >= 4 is 34.3 Å². The van der Waals surface area contributed by atoms with Crippen LogP contribution in [0.25, 0.3) is 0 Å². The first-order valence-electron chi connectivity index (χ1n) is 7.62. The van der Waals surface area contributed by atoms with Crippen LogP contribution in [-0.4, -0.2) is 15.0 Å². The van der Waals surface area contributed by atoms with E-state index in [1.165, 1.54) is 23.6 Å². The van der Waals surface area contributed by atoms with Crippen molar-refractivity contribution in [1.29, 1.82) is 0 Å². The fraction of sp³-hybridized carbons (Fsp3) is 0.438. The van der Waals surface area contributed by atoms with Crippen LogP contribution in [-0.2, 0) is 28.8 Å². The van der Waals surface area contributed by atoms with Crippen molar-refractivity contribution in [3.8, 4) is 0 Å². The molecule has 1 aromatic carbocycles. The van der Waals surface area contributed by atoms with Crippen LogP contribution in [0.4, 0.5) is 16.3 Å². The van der Waals surface area contributed by atoms with Crippen molar-refractivity contribution in [3.05, 3.63) is 40.7 Å². The Morgan fingerprint density at radius 3 is 2.67 bits per heavy atom. The smallest absolute Gasteiger partial charge is 0.228 e. The highest BCUT2D eigenvalue weighted by Gasteiger charge is 2.30. The van der Waals surface area contributed by atoms with E-state index in [2.05, 4.69) is 74.7 Å². The number of aryl methyl sites for hydroxylation is 1. The van der Waals surface area contributed by atoms with Crippen LogP contribution in [0.1, 0.15) is 48.6 Å². The lowest BCUT2D eigenvalue weighted by Crippen LogP contribution is -2.18. The number of aromatic nitrogens is 3. The molecule has 0 saturated heterocycles. The van der Waals surface area contributed by atoms with Crippen LogP contribution >= 0.6 is 0 Å². The fourth-order valence-corrected chi connectivity index (χ4v) is 2.97. The Hall–Kier alpha value is -1.80. The summed E-state index contributed by atoms with van der Waals surface area (Å²) < 4.78 is 13.4. The van der Waals surface area contributed by atoms with Gasteiger partial charge in [0.25, 0.3) is 0 Å². The number of fused-ring (bicyclic) bond motifs is 1. The molecule has 8 heteroatoms. The number of hydrogen-bond acceptors (Lipinski definition) is 7. The van der Waals surface area contributed by atoms with Crippen LogP contribution in [0.15, 0.2) is 18.2 Å². The number of benzene rings is 1. The van der Waals surface area contributed by atoms with Gasteiger partial charge in [0.15, 0.2) is 12.0 Å². The third-order valence-electron chi connectivity index (χ3n) is 4.06. The molecule has 2 aromatic rings. The molecular formula is C16H20FN5S2. The Morgan fingerprint density at radius 1 is 1.29 bits per heavy atom. The monoisotopic (exact) mass is 365 g/mol. The van der Waals surface area contributed by atoms with Gasteiger partial charge in [0.2, 0.25) is 11.9 Å². The van der Waals surface area contributed by atoms with Crippen molar-refractivity contribution in [2.75, 3.05) is 11.1 Å². The topological polar surface area (TPSA) is 76.7 Å². The zero-order valence-corrected chi connectivity index (χ0v) is 15.4. The molecule has 0 aliphatic heterocycles. The minimum Gasteiger partial charge on any atom is -0.368 e. The lowest BCUT2D eigenvalue weighted by molar-refractivity contribution is 0.356. The summed E-state index contributed by atoms with van der Waals surface area (Å²) >= 11 is 7.33. The second kappa shape index (κ2) is 7.85. The molecule has 3 atom stereocenters. The molecule has 1 aliphatic rings. The van der Waals surface area contributed by atoms with Gasteiger partial charge >= 0.3 is 0 Å². The quantitative estimate of drug-likeness (QED) is 0.865. The average molecular weight is 366 g/mol. The molecule has 1 aliphatic carbocycles. The largest absolute Gasteiger partial charge is 0.368 e. The molecule has 128 valence electrons. The van der Waals surface area contributed by atoms with Crippen LogP contribution in [0.5, 0.6) is 0 Å². The van der Waals surface area contributed by atoms with E-state index in [0.29, 0.717) is 11.9 Å². The highest BCUT2D eigenvalue weighted by molar-refractivity contribution is 8.07. The average Bonchev–Trinajstić information content (AvgIpc) is 2.84. The number of halogens is 1. The van der Waals surface area contributed by atoms with Gasteiger partial charge in [-0.2, -0.15) is 15.0 Å². The van der Waals surface area contributed by atoms with E-state index in [0.717, 1.165) is 6.42 Å². The minimum absolute atomic E-state index is 0.0344. The van der Waals surface area contributed by atoms with Crippen molar-refractivity contribution in [1.82, 2.24) is 15.0 Å². The van der Waals surface area contributed by atoms with Gasteiger partial charge in [-0.1, -0.05) is 30.7 Å². The van der Waals surface area contributed by atoms with E-state index in [1.807, 2.05) is 0 Å². The fourth-order valence-electron chi connectivity index (χ4n) is 2.97. The maximum absolute atomic E-state index is 13.4. The maximum atomic E-state index is 13.4. The second-order valence-electron chi connectivity index (χ2n) is 6.00. The van der Waals surface area contributed by atoms with E-state index < -0.39 is 6.17 Å². The number of nitrogens with zero attached hydrogens (tertiary/aromatic N) is 3. The summed E-state index contributed by atoms with van der Waals surface area (Å²) in [6.45, 7) is 5.63. The zero-order chi connectivity index (χ0) is 17.9. The number of hydrogen-bond donors (Lipinski definition) is 2. The predicted octanol–water partition coefficient (Wildman–Crippen LogP) is 3.13. The molecule has 3 rings (SSSR count). The van der Waals surface area contributed by atoms with Crippen molar-refractivity contribution in [2.24, 2.45) is 5.92 Å². The lowest BCUT2D eigenvalue weighted by atomic mass is 10.0. The van der Waals surface area contributed by atoms with Crippen LogP contribution in [0, 0.1) is 12.8 Å². The summed E-state index contributed by atoms with van der Waals surface area (Å²) in [6.07, 6.45) is -0.276. The Labute approximate surface area is 151 Å². The van der Waals surface area contributed by atoms with Gasteiger partial charge in [-0.25, -0.2) is 4.39 Å². The zero-order valence-electron chi connectivity index (χ0n) is 13.8. The number of anilines is 2. The molecule has 3 N–H and O–H groups in total. The molecule has 0 radical (unpaired) electrons. The van der Waals surface area contributed by atoms with Crippen LogP contribution in [0.2, 0.25) is 0 Å². The summed E-state index contributed by atoms with van der Waals surface area (Å²) in [4.78, 5) is 12.1. The van der Waals surface area contributed by atoms with Crippen molar-refractivity contribution in [2.45, 2.75) is 39.4 Å². The number of nitrogen functional groups attached to an aromatic ring is 1. The molecule has 1 aromatic heterocycles. The highest BCUT2D eigenvalue weighted by atomic mass is 32.8. The number of alkyl halides is 1. The van der Waals surface area contributed by atoms with Gasteiger partial charge in [0, 0.05) is 22.4 Å². The molecule has 0 saturated carbocycles. The molecule has 1 heterocycles. The van der Waals surface area contributed by atoms with Gasteiger partial charge in [0.1, 0.15) is 0 Å². The summed E-state index contributed by atoms with van der Waals surface area (Å²) in [5.74, 6) is 0.830. The van der Waals surface area contributed by atoms with Gasteiger partial charge in [0.05, 0.1) is 6.04 Å². The first-order valence-corrected chi connectivity index (χ1v) is 8.95. The SMILES string of the molecule is Cc1ccc2c(c1)[C@H](Nc1nc(N)nc([C@@H](C)F)n1)[C@@H](C)C2.S=S. The summed E-state index contributed by atoms with van der Waals surface area (Å²) in [5.41, 5.74) is 9.45. The minimum atomic E-state index is -1.28. The summed E-state index contributed by atoms with van der Waals surface area (Å²) in [6, 6.07) is 6.57. The molecule has 0 fully saturated rings. The number of nitrogens with two attached hydrogens (primary N) is 1. The predicted molar refractivity (Wildman–Crippen MR) is 98.9 cm³/mol. The van der Waals surface area contributed by atoms with E-state index >= 15 is 0 Å². The molecule has 0 unspecified atom stereocenters. The van der Waals surface area contributed by atoms with Crippen molar-refractivity contribution < 1.29 is 4.39 Å². The molecule has 0 amide bonds. The standard InChI is InChI=1S/C16H20FN5.S2/c1-8-4-5-11-7-9(2)13(12(11)6-8)19-16-21-14(10(3)17)20-15(18)22-16;1-2/h4-6,9-10,13H,7H2,1-3H3,(H3,18,19,20,21,22);/t9-,10+,13+;/m0./s1. The van der Waals surface area contributed by atoms with E-state index in [-0.39, 0.29) is 17.8 Å². The third-order valence-corrected chi connectivity index (χ3v) is 4.06. The molecule has 0 spiro atoms. The summed E-state index contributed by atoms with van der Waals surface area (Å²) in [7, 11) is 0. The first-order chi connectivity index (χ1) is 11.4. The lowest BCUT2D eigenvalue weighted by Gasteiger charge is -2.19. The molecular weight excluding hydrogens is 345 g/mol. The van der Waals surface area contributed by atoms with Gasteiger partial charge in [-0.05, 0) is 37.3 Å². The van der Waals surface area contributed by atoms with E-state index in [1.54, 1.807) is 0 Å². The van der Waals surface area contributed by atoms with Crippen LogP contribution in [0.3, 0.4) is 0 Å². The number of rotatable bonds is 3. The van der Waals surface area contributed by atoms with E-state index in [4.69, 9.17) is 5.73 Å². The van der Waals surface area contributed by atoms with Gasteiger partial charge < -0.3 is 11.1 Å². The maximum Gasteiger partial charge on any atom is 0.228 e. The molecule has 5 nitrogen and oxygen atoms in total. The molecule has 0 bridgehead atoms. The number of nitrogens with one attached hydrogen (secondary N) is 1. The highest BCUT2D eigenvalue weighted by Crippen LogP contribution is 2.38. The Bertz CT molecular complexity index is 726. The normalized spacial score (nSPS) is 19.8. The molecule has 24 heavy (non-hydrogen) atoms.